The van der Waals surface area contributed by atoms with Gasteiger partial charge in [0.1, 0.15) is 11.7 Å². The Balaban J connectivity index is 2.13. The van der Waals surface area contributed by atoms with Crippen molar-refractivity contribution in [3.05, 3.63) is 63.5 Å². The minimum atomic E-state index is -0.752. The van der Waals surface area contributed by atoms with E-state index in [-0.39, 0.29) is 5.69 Å². The van der Waals surface area contributed by atoms with Gasteiger partial charge in [-0.05, 0) is 52.4 Å². The van der Waals surface area contributed by atoms with E-state index >= 15 is 0 Å². The van der Waals surface area contributed by atoms with Crippen molar-refractivity contribution in [2.24, 2.45) is 0 Å². The monoisotopic (exact) mass is 410 g/mol. The molecule has 0 spiro atoms. The van der Waals surface area contributed by atoms with Crippen molar-refractivity contribution in [3.8, 4) is 0 Å². The lowest BCUT2D eigenvalue weighted by atomic mass is 10.1. The van der Waals surface area contributed by atoms with E-state index in [0.717, 1.165) is 9.13 Å². The van der Waals surface area contributed by atoms with E-state index in [9.17, 15) is 9.59 Å². The Morgan fingerprint density at radius 3 is 2.73 bits per heavy atom. The molecule has 0 radical (unpaired) electrons. The maximum absolute atomic E-state index is 12.1. The molecule has 1 atom stereocenters. The predicted octanol–water partition coefficient (Wildman–Crippen LogP) is 2.20. The summed E-state index contributed by atoms with van der Waals surface area (Å²) in [5.41, 5.74) is 1.21. The number of halogens is 1. The molecule has 1 aromatic heterocycles. The normalized spacial score (nSPS) is 11.5. The number of amides is 1. The number of pyridine rings is 1. The molecule has 0 aliphatic heterocycles. The summed E-state index contributed by atoms with van der Waals surface area (Å²) in [7, 11) is 1.30. The number of hydrogen-bond acceptors (Lipinski definition) is 4. The Morgan fingerprint density at radius 2 is 2.09 bits per heavy atom. The molecule has 0 unspecified atom stereocenters. The zero-order valence-electron chi connectivity index (χ0n) is 12.0. The number of carbonyl (C=O) groups is 2. The molecule has 2 rings (SSSR count). The molecule has 0 aliphatic rings. The second-order valence-corrected chi connectivity index (χ2v) is 5.84. The third kappa shape index (κ3) is 4.52. The molecule has 6 heteroatoms. The highest BCUT2D eigenvalue weighted by Gasteiger charge is 2.23. The smallest absolute Gasteiger partial charge is 0.328 e. The summed E-state index contributed by atoms with van der Waals surface area (Å²) in [5, 5.41) is 2.67. The minimum Gasteiger partial charge on any atom is -0.467 e. The summed E-state index contributed by atoms with van der Waals surface area (Å²) in [5.74, 6) is -0.884. The topological polar surface area (TPSA) is 68.3 Å². The predicted molar refractivity (Wildman–Crippen MR) is 90.4 cm³/mol. The molecule has 5 nitrogen and oxygen atoms in total. The molecule has 1 amide bonds. The van der Waals surface area contributed by atoms with Crippen LogP contribution in [0.2, 0.25) is 0 Å². The molecule has 0 saturated carbocycles. The number of aromatic nitrogens is 1. The van der Waals surface area contributed by atoms with Crippen LogP contribution >= 0.6 is 22.6 Å². The SMILES string of the molecule is COC(=O)[C@H](Cc1cccc(I)c1)NC(=O)c1ccccn1. The second-order valence-electron chi connectivity index (χ2n) is 4.60. The fraction of sp³-hybridized carbons (Fsp3) is 0.188. The molecule has 0 saturated heterocycles. The van der Waals surface area contributed by atoms with Gasteiger partial charge < -0.3 is 10.1 Å². The third-order valence-corrected chi connectivity index (χ3v) is 3.69. The molecule has 114 valence electrons. The van der Waals surface area contributed by atoms with Gasteiger partial charge >= 0.3 is 5.97 Å². The van der Waals surface area contributed by atoms with Crippen molar-refractivity contribution >= 4 is 34.5 Å². The van der Waals surface area contributed by atoms with E-state index in [0.29, 0.717) is 6.42 Å². The van der Waals surface area contributed by atoms with Gasteiger partial charge in [-0.2, -0.15) is 0 Å². The molecular formula is C16H15IN2O3. The number of carbonyl (C=O) groups excluding carboxylic acids is 2. The van der Waals surface area contributed by atoms with Gasteiger partial charge in [-0.15, -0.1) is 0 Å². The van der Waals surface area contributed by atoms with Gasteiger partial charge in [-0.3, -0.25) is 9.78 Å². The molecule has 22 heavy (non-hydrogen) atoms. The summed E-state index contributed by atoms with van der Waals surface area (Å²) < 4.78 is 5.84. The lowest BCUT2D eigenvalue weighted by Gasteiger charge is -2.16. The van der Waals surface area contributed by atoms with Gasteiger partial charge in [-0.25, -0.2) is 4.79 Å². The van der Waals surface area contributed by atoms with Crippen molar-refractivity contribution < 1.29 is 14.3 Å². The first-order chi connectivity index (χ1) is 10.6. The van der Waals surface area contributed by atoms with Crippen LogP contribution in [0, 0.1) is 3.57 Å². The number of ether oxygens (including phenoxy) is 1. The van der Waals surface area contributed by atoms with Crippen LogP contribution in [0.4, 0.5) is 0 Å². The van der Waals surface area contributed by atoms with Gasteiger partial charge in [0.05, 0.1) is 7.11 Å². The summed E-state index contributed by atoms with van der Waals surface area (Å²) >= 11 is 2.20. The number of methoxy groups -OCH3 is 1. The van der Waals surface area contributed by atoms with E-state index in [1.807, 2.05) is 24.3 Å². The quantitative estimate of drug-likeness (QED) is 0.607. The van der Waals surface area contributed by atoms with Crippen LogP contribution in [0.3, 0.4) is 0 Å². The maximum Gasteiger partial charge on any atom is 0.328 e. The average molecular weight is 410 g/mol. The highest BCUT2D eigenvalue weighted by Crippen LogP contribution is 2.11. The van der Waals surface area contributed by atoms with Crippen molar-refractivity contribution in [1.82, 2.24) is 10.3 Å². The van der Waals surface area contributed by atoms with Crippen molar-refractivity contribution in [3.63, 3.8) is 0 Å². The fourth-order valence-electron chi connectivity index (χ4n) is 1.96. The number of benzene rings is 1. The van der Waals surface area contributed by atoms with Crippen molar-refractivity contribution in [2.75, 3.05) is 7.11 Å². The molecular weight excluding hydrogens is 395 g/mol. The summed E-state index contributed by atoms with van der Waals surface area (Å²) in [6.45, 7) is 0. The van der Waals surface area contributed by atoms with Crippen LogP contribution in [0.1, 0.15) is 16.1 Å². The number of nitrogens with zero attached hydrogens (tertiary/aromatic N) is 1. The molecule has 1 aromatic carbocycles. The lowest BCUT2D eigenvalue weighted by molar-refractivity contribution is -0.142. The van der Waals surface area contributed by atoms with Crippen LogP contribution in [0.15, 0.2) is 48.7 Å². The van der Waals surface area contributed by atoms with E-state index in [2.05, 4.69) is 32.9 Å². The number of hydrogen-bond donors (Lipinski definition) is 1. The Kier molecular flexibility index (Phi) is 5.88. The first-order valence-corrected chi connectivity index (χ1v) is 7.72. The standard InChI is InChI=1S/C16H15IN2O3/c1-22-16(21)14(10-11-5-4-6-12(17)9-11)19-15(20)13-7-2-3-8-18-13/h2-9,14H,10H2,1H3,(H,19,20)/t14-/m0/s1. The zero-order valence-corrected chi connectivity index (χ0v) is 14.1. The van der Waals surface area contributed by atoms with Crippen molar-refractivity contribution in [1.29, 1.82) is 0 Å². The Hall–Kier alpha value is -1.96. The van der Waals surface area contributed by atoms with Crippen molar-refractivity contribution in [2.45, 2.75) is 12.5 Å². The highest BCUT2D eigenvalue weighted by atomic mass is 127. The molecule has 0 fully saturated rings. The van der Waals surface area contributed by atoms with E-state index in [1.165, 1.54) is 13.3 Å². The number of rotatable bonds is 5. The number of esters is 1. The third-order valence-electron chi connectivity index (χ3n) is 3.02. The van der Waals surface area contributed by atoms with Gasteiger partial charge in [0.25, 0.3) is 5.91 Å². The first kappa shape index (κ1) is 16.4. The zero-order chi connectivity index (χ0) is 15.9. The van der Waals surface area contributed by atoms with Crippen LogP contribution in [-0.4, -0.2) is 30.0 Å². The van der Waals surface area contributed by atoms with Crippen LogP contribution in [0.25, 0.3) is 0 Å². The van der Waals surface area contributed by atoms with Gasteiger partial charge in [0.15, 0.2) is 0 Å². The van der Waals surface area contributed by atoms with Crippen LogP contribution < -0.4 is 5.32 Å². The molecule has 0 aliphatic carbocycles. The summed E-state index contributed by atoms with van der Waals surface area (Å²) in [6.07, 6.45) is 1.89. The van der Waals surface area contributed by atoms with E-state index in [4.69, 9.17) is 4.74 Å². The van der Waals surface area contributed by atoms with Crippen LogP contribution in [-0.2, 0) is 16.0 Å². The fourth-order valence-corrected chi connectivity index (χ4v) is 2.57. The first-order valence-electron chi connectivity index (χ1n) is 6.64. The minimum absolute atomic E-state index is 0.263. The van der Waals surface area contributed by atoms with Gasteiger partial charge in [0.2, 0.25) is 0 Å². The van der Waals surface area contributed by atoms with Gasteiger partial charge in [0, 0.05) is 16.2 Å². The molecule has 1 heterocycles. The van der Waals surface area contributed by atoms with E-state index < -0.39 is 17.9 Å². The number of nitrogens with one attached hydrogen (secondary N) is 1. The Labute approximate surface area is 142 Å². The summed E-state index contributed by atoms with van der Waals surface area (Å²) in [6, 6.07) is 12.0. The largest absolute Gasteiger partial charge is 0.467 e. The molecule has 0 bridgehead atoms. The Morgan fingerprint density at radius 1 is 1.27 bits per heavy atom. The Bertz CT molecular complexity index is 661. The molecule has 2 aromatic rings. The molecule has 1 N–H and O–H groups in total. The summed E-state index contributed by atoms with van der Waals surface area (Å²) in [4.78, 5) is 28.0. The maximum atomic E-state index is 12.1. The second kappa shape index (κ2) is 7.88. The average Bonchev–Trinajstić information content (AvgIpc) is 2.54. The lowest BCUT2D eigenvalue weighted by Crippen LogP contribution is -2.43. The van der Waals surface area contributed by atoms with Gasteiger partial charge in [-0.1, -0.05) is 18.2 Å². The van der Waals surface area contributed by atoms with E-state index in [1.54, 1.807) is 18.2 Å². The van der Waals surface area contributed by atoms with Crippen LogP contribution in [0.5, 0.6) is 0 Å². The highest BCUT2D eigenvalue weighted by molar-refractivity contribution is 14.1.